The zero-order chi connectivity index (χ0) is 12.4. The van der Waals surface area contributed by atoms with Crippen LogP contribution >= 0.6 is 11.6 Å². The Kier molecular flexibility index (Phi) is 3.57. The van der Waals surface area contributed by atoms with Gasteiger partial charge in [0, 0.05) is 29.6 Å². The van der Waals surface area contributed by atoms with Crippen molar-refractivity contribution in [1.82, 2.24) is 5.32 Å². The molecule has 1 atom stereocenters. The summed E-state index contributed by atoms with van der Waals surface area (Å²) in [7, 11) is 0. The minimum absolute atomic E-state index is 0.589. The lowest BCUT2D eigenvalue weighted by atomic mass is 10.0. The molecule has 0 aromatic heterocycles. The van der Waals surface area contributed by atoms with Crippen molar-refractivity contribution in [3.8, 4) is 5.75 Å². The number of halogens is 1. The summed E-state index contributed by atoms with van der Waals surface area (Å²) in [5.74, 6) is 1.05. The maximum absolute atomic E-state index is 6.16. The van der Waals surface area contributed by atoms with Crippen LogP contribution < -0.4 is 10.1 Å². The molecule has 96 valence electrons. The Bertz CT molecular complexity index is 470. The molecule has 1 aromatic rings. The predicted octanol–water partition coefficient (Wildman–Crippen LogP) is 3.47. The van der Waals surface area contributed by atoms with Crippen molar-refractivity contribution in [3.05, 3.63) is 40.4 Å². The summed E-state index contributed by atoms with van der Waals surface area (Å²) < 4.78 is 5.71. The van der Waals surface area contributed by atoms with Crippen LogP contribution in [-0.2, 0) is 13.0 Å². The van der Waals surface area contributed by atoms with E-state index in [2.05, 4.69) is 17.5 Å². The highest BCUT2D eigenvalue weighted by Crippen LogP contribution is 2.32. The first-order valence-corrected chi connectivity index (χ1v) is 7.03. The third-order valence-corrected chi connectivity index (χ3v) is 3.89. The lowest BCUT2D eigenvalue weighted by molar-refractivity contribution is 0.351. The second-order valence-corrected chi connectivity index (χ2v) is 5.45. The minimum atomic E-state index is 0.589. The normalized spacial score (nSPS) is 21.7. The molecule has 2 aliphatic rings. The Hall–Kier alpha value is -0.990. The number of hydrogen-bond donors (Lipinski definition) is 1. The highest BCUT2D eigenvalue weighted by atomic mass is 35.5. The summed E-state index contributed by atoms with van der Waals surface area (Å²) >= 11 is 6.16. The fraction of sp³-hybridized carbons (Fsp3) is 0.467. The molecule has 1 unspecified atom stereocenters. The lowest BCUT2D eigenvalue weighted by Gasteiger charge is -2.20. The largest absolute Gasteiger partial charge is 0.493 e. The third kappa shape index (κ3) is 2.55. The molecule has 0 amide bonds. The first kappa shape index (κ1) is 12.1. The standard InChI is InChI=1S/C15H18ClNO/c16-13-8-11-6-7-18-15(11)12(9-13)10-17-14-4-2-1-3-5-14/h1-2,8-9,14,17H,3-7,10H2. The maximum Gasteiger partial charge on any atom is 0.127 e. The Balaban J connectivity index is 1.70. The molecule has 1 aliphatic carbocycles. The average Bonchev–Trinajstić information content (AvgIpc) is 2.85. The van der Waals surface area contributed by atoms with Gasteiger partial charge >= 0.3 is 0 Å². The number of ether oxygens (including phenoxy) is 1. The summed E-state index contributed by atoms with van der Waals surface area (Å²) in [4.78, 5) is 0. The summed E-state index contributed by atoms with van der Waals surface area (Å²) in [6, 6.07) is 4.64. The molecule has 18 heavy (non-hydrogen) atoms. The van der Waals surface area contributed by atoms with Crippen LogP contribution in [0.3, 0.4) is 0 Å². The summed E-state index contributed by atoms with van der Waals surface area (Å²) in [5.41, 5.74) is 2.45. The number of benzene rings is 1. The van der Waals surface area contributed by atoms with E-state index >= 15 is 0 Å². The highest BCUT2D eigenvalue weighted by molar-refractivity contribution is 6.30. The lowest BCUT2D eigenvalue weighted by Crippen LogP contribution is -2.29. The topological polar surface area (TPSA) is 21.3 Å². The fourth-order valence-electron chi connectivity index (χ4n) is 2.71. The third-order valence-electron chi connectivity index (χ3n) is 3.68. The van der Waals surface area contributed by atoms with Gasteiger partial charge in [0.2, 0.25) is 0 Å². The molecule has 0 spiro atoms. The first-order valence-electron chi connectivity index (χ1n) is 6.65. The molecule has 1 aromatic carbocycles. The number of fused-ring (bicyclic) bond motifs is 1. The number of hydrogen-bond acceptors (Lipinski definition) is 2. The van der Waals surface area contributed by atoms with Crippen LogP contribution in [-0.4, -0.2) is 12.6 Å². The molecular formula is C15H18ClNO. The van der Waals surface area contributed by atoms with Crippen LogP contribution in [0.5, 0.6) is 5.75 Å². The monoisotopic (exact) mass is 263 g/mol. The van der Waals surface area contributed by atoms with Crippen LogP contribution in [0.15, 0.2) is 24.3 Å². The summed E-state index contributed by atoms with van der Waals surface area (Å²) in [6.45, 7) is 1.64. The Morgan fingerprint density at radius 1 is 1.33 bits per heavy atom. The van der Waals surface area contributed by atoms with Gasteiger partial charge in [0.05, 0.1) is 6.61 Å². The molecule has 3 rings (SSSR count). The van der Waals surface area contributed by atoms with Crippen LogP contribution in [0.25, 0.3) is 0 Å². The molecule has 0 bridgehead atoms. The zero-order valence-corrected chi connectivity index (χ0v) is 11.2. The van der Waals surface area contributed by atoms with E-state index in [-0.39, 0.29) is 0 Å². The van der Waals surface area contributed by atoms with E-state index in [4.69, 9.17) is 16.3 Å². The zero-order valence-electron chi connectivity index (χ0n) is 10.4. The van der Waals surface area contributed by atoms with E-state index in [1.807, 2.05) is 12.1 Å². The van der Waals surface area contributed by atoms with Crippen molar-refractivity contribution < 1.29 is 4.74 Å². The minimum Gasteiger partial charge on any atom is -0.493 e. The molecule has 0 fully saturated rings. The Morgan fingerprint density at radius 3 is 3.11 bits per heavy atom. The highest BCUT2D eigenvalue weighted by Gasteiger charge is 2.18. The molecule has 1 aliphatic heterocycles. The van der Waals surface area contributed by atoms with Crippen LogP contribution in [0, 0.1) is 0 Å². The van der Waals surface area contributed by atoms with E-state index in [1.165, 1.54) is 24.0 Å². The van der Waals surface area contributed by atoms with Gasteiger partial charge in [0.25, 0.3) is 0 Å². The molecule has 1 heterocycles. The van der Waals surface area contributed by atoms with E-state index in [0.29, 0.717) is 6.04 Å². The smallest absolute Gasteiger partial charge is 0.127 e. The summed E-state index contributed by atoms with van der Waals surface area (Å²) in [6.07, 6.45) is 9.04. The van der Waals surface area contributed by atoms with Gasteiger partial charge in [0.15, 0.2) is 0 Å². The Morgan fingerprint density at radius 2 is 2.28 bits per heavy atom. The first-order chi connectivity index (χ1) is 8.83. The van der Waals surface area contributed by atoms with E-state index in [1.54, 1.807) is 0 Å². The van der Waals surface area contributed by atoms with Gasteiger partial charge in [-0.2, -0.15) is 0 Å². The van der Waals surface area contributed by atoms with Crippen molar-refractivity contribution in [3.63, 3.8) is 0 Å². The van der Waals surface area contributed by atoms with Gasteiger partial charge in [0.1, 0.15) is 5.75 Å². The number of allylic oxidation sites excluding steroid dienone is 1. The van der Waals surface area contributed by atoms with Gasteiger partial charge < -0.3 is 10.1 Å². The molecular weight excluding hydrogens is 246 g/mol. The Labute approximate surface area is 113 Å². The number of nitrogens with one attached hydrogen (secondary N) is 1. The van der Waals surface area contributed by atoms with E-state index < -0.39 is 0 Å². The van der Waals surface area contributed by atoms with Gasteiger partial charge in [-0.3, -0.25) is 0 Å². The quantitative estimate of drug-likeness (QED) is 0.843. The van der Waals surface area contributed by atoms with Crippen LogP contribution in [0.2, 0.25) is 5.02 Å². The molecule has 0 saturated carbocycles. The molecule has 0 saturated heterocycles. The van der Waals surface area contributed by atoms with Crippen molar-refractivity contribution in [2.75, 3.05) is 6.61 Å². The SMILES string of the molecule is Clc1cc2c(c(CNC3CC=CCC3)c1)OCC2. The van der Waals surface area contributed by atoms with E-state index in [0.717, 1.165) is 36.8 Å². The molecule has 1 N–H and O–H groups in total. The fourth-order valence-corrected chi connectivity index (χ4v) is 2.97. The second kappa shape index (κ2) is 5.33. The van der Waals surface area contributed by atoms with Gasteiger partial charge in [-0.25, -0.2) is 0 Å². The second-order valence-electron chi connectivity index (χ2n) is 5.01. The van der Waals surface area contributed by atoms with E-state index in [9.17, 15) is 0 Å². The van der Waals surface area contributed by atoms with Crippen molar-refractivity contribution in [2.45, 2.75) is 38.3 Å². The predicted molar refractivity (Wildman–Crippen MR) is 74.3 cm³/mol. The van der Waals surface area contributed by atoms with Crippen LogP contribution in [0.4, 0.5) is 0 Å². The molecule has 0 radical (unpaired) electrons. The molecule has 3 heteroatoms. The number of rotatable bonds is 3. The maximum atomic E-state index is 6.16. The van der Waals surface area contributed by atoms with Crippen LogP contribution in [0.1, 0.15) is 30.4 Å². The summed E-state index contributed by atoms with van der Waals surface area (Å²) in [5, 5.41) is 4.42. The molecule has 2 nitrogen and oxygen atoms in total. The van der Waals surface area contributed by atoms with Gasteiger partial charge in [-0.05, 0) is 37.0 Å². The van der Waals surface area contributed by atoms with Crippen molar-refractivity contribution >= 4 is 11.6 Å². The van der Waals surface area contributed by atoms with Crippen molar-refractivity contribution in [2.24, 2.45) is 0 Å². The average molecular weight is 264 g/mol. The van der Waals surface area contributed by atoms with Gasteiger partial charge in [-0.15, -0.1) is 0 Å². The van der Waals surface area contributed by atoms with Gasteiger partial charge in [-0.1, -0.05) is 23.8 Å². The van der Waals surface area contributed by atoms with Crippen molar-refractivity contribution in [1.29, 1.82) is 0 Å².